The predicted molar refractivity (Wildman–Crippen MR) is 109 cm³/mol. The maximum Gasteiger partial charge on any atom is 0.522 e. The van der Waals surface area contributed by atoms with Gasteiger partial charge < -0.3 is 19.9 Å². The first-order chi connectivity index (χ1) is 15.3. The molecule has 2 aliphatic carbocycles. The number of ether oxygens (including phenoxy) is 2. The minimum atomic E-state index is -4.63. The third kappa shape index (κ3) is 5.65. The highest BCUT2D eigenvalue weighted by Crippen LogP contribution is 2.36. The number of benzene rings is 1. The molecule has 1 aliphatic heterocycles. The number of amides is 3. The van der Waals surface area contributed by atoms with Gasteiger partial charge in [-0.1, -0.05) is 30.3 Å². The summed E-state index contributed by atoms with van der Waals surface area (Å²) in [5, 5.41) is 2.90. The molecule has 0 atom stereocenters. The monoisotopic (exact) mass is 455 g/mol. The van der Waals surface area contributed by atoms with Crippen LogP contribution in [0, 0.1) is 0 Å². The van der Waals surface area contributed by atoms with Crippen molar-refractivity contribution < 1.29 is 32.2 Å². The van der Waals surface area contributed by atoms with Gasteiger partial charge in [-0.25, -0.2) is 9.59 Å². The molecule has 32 heavy (non-hydrogen) atoms. The number of nitrogens with one attached hydrogen (secondary N) is 1. The molecule has 1 heterocycles. The standard InChI is InChI=1S/C22H28F3N3O4/c23-22(24,25)32-19-12-18(13-19)28-11-10-27(21(28)30)17-8-6-16(7-9-17)26-20(29)31-14-15-4-2-1-3-5-15/h1-5,16-19H,6-14H2,(H,26,29)/t16-,17-,18?,19?. The molecule has 10 heteroatoms. The Labute approximate surface area is 184 Å². The Balaban J connectivity index is 1.16. The Bertz CT molecular complexity index is 793. The van der Waals surface area contributed by atoms with Gasteiger partial charge in [0, 0.05) is 31.2 Å². The minimum absolute atomic E-state index is 0.00948. The van der Waals surface area contributed by atoms with E-state index in [9.17, 15) is 22.8 Å². The van der Waals surface area contributed by atoms with Crippen molar-refractivity contribution in [2.24, 2.45) is 0 Å². The van der Waals surface area contributed by atoms with Crippen molar-refractivity contribution in [1.82, 2.24) is 15.1 Å². The Morgan fingerprint density at radius 3 is 2.25 bits per heavy atom. The second-order valence-electron chi connectivity index (χ2n) is 8.69. The molecular formula is C22H28F3N3O4. The van der Waals surface area contributed by atoms with Gasteiger partial charge in [-0.05, 0) is 44.1 Å². The molecule has 3 fully saturated rings. The second-order valence-corrected chi connectivity index (χ2v) is 8.69. The third-order valence-corrected chi connectivity index (χ3v) is 6.56. The van der Waals surface area contributed by atoms with E-state index in [1.807, 2.05) is 35.2 Å². The van der Waals surface area contributed by atoms with E-state index in [1.54, 1.807) is 4.90 Å². The number of hydrogen-bond acceptors (Lipinski definition) is 4. The fraction of sp³-hybridized carbons (Fsp3) is 0.636. The van der Waals surface area contributed by atoms with E-state index in [2.05, 4.69) is 10.1 Å². The number of halogens is 3. The van der Waals surface area contributed by atoms with Crippen LogP contribution >= 0.6 is 0 Å². The van der Waals surface area contributed by atoms with E-state index in [0.717, 1.165) is 31.2 Å². The fourth-order valence-corrected chi connectivity index (χ4v) is 4.79. The van der Waals surface area contributed by atoms with Crippen molar-refractivity contribution in [3.8, 4) is 0 Å². The van der Waals surface area contributed by atoms with Crippen LogP contribution in [0.5, 0.6) is 0 Å². The smallest absolute Gasteiger partial charge is 0.445 e. The number of hydrogen-bond donors (Lipinski definition) is 1. The van der Waals surface area contributed by atoms with Gasteiger partial charge >= 0.3 is 18.5 Å². The zero-order valence-electron chi connectivity index (χ0n) is 17.7. The number of rotatable bonds is 6. The molecule has 1 aromatic rings. The molecule has 1 saturated heterocycles. The van der Waals surface area contributed by atoms with Gasteiger partial charge in [-0.15, -0.1) is 13.2 Å². The molecule has 2 saturated carbocycles. The summed E-state index contributed by atoms with van der Waals surface area (Å²) in [4.78, 5) is 28.4. The molecule has 3 amide bonds. The summed E-state index contributed by atoms with van der Waals surface area (Å²) in [6.07, 6.45) is -2.44. The summed E-state index contributed by atoms with van der Waals surface area (Å²) < 4.78 is 46.2. The molecular weight excluding hydrogens is 427 g/mol. The maximum absolute atomic E-state index is 12.8. The van der Waals surface area contributed by atoms with E-state index >= 15 is 0 Å². The molecule has 7 nitrogen and oxygen atoms in total. The highest BCUT2D eigenvalue weighted by Gasteiger charge is 2.46. The molecule has 0 aromatic heterocycles. The Hall–Kier alpha value is -2.49. The van der Waals surface area contributed by atoms with Crippen LogP contribution in [-0.4, -0.2) is 65.6 Å². The van der Waals surface area contributed by atoms with Crippen LogP contribution in [0.1, 0.15) is 44.1 Å². The van der Waals surface area contributed by atoms with E-state index in [4.69, 9.17) is 4.74 Å². The van der Waals surface area contributed by atoms with E-state index in [1.165, 1.54) is 0 Å². The molecule has 0 spiro atoms. The van der Waals surface area contributed by atoms with Crippen molar-refractivity contribution in [2.75, 3.05) is 13.1 Å². The van der Waals surface area contributed by atoms with Gasteiger partial charge in [-0.3, -0.25) is 4.74 Å². The van der Waals surface area contributed by atoms with Crippen molar-refractivity contribution in [1.29, 1.82) is 0 Å². The van der Waals surface area contributed by atoms with Crippen LogP contribution < -0.4 is 5.32 Å². The predicted octanol–water partition coefficient (Wildman–Crippen LogP) is 4.03. The second kappa shape index (κ2) is 9.56. The third-order valence-electron chi connectivity index (χ3n) is 6.56. The summed E-state index contributed by atoms with van der Waals surface area (Å²) in [7, 11) is 0. The van der Waals surface area contributed by atoms with Gasteiger partial charge in [0.15, 0.2) is 0 Å². The highest BCUT2D eigenvalue weighted by molar-refractivity contribution is 5.77. The SMILES string of the molecule is O=C(N[C@H]1CC[C@H](N2CCN(C3CC(OC(F)(F)F)C3)C2=O)CC1)OCc1ccccc1. The zero-order chi connectivity index (χ0) is 22.7. The largest absolute Gasteiger partial charge is 0.522 e. The molecule has 4 rings (SSSR count). The number of carbonyl (C=O) groups excluding carboxylic acids is 2. The van der Waals surface area contributed by atoms with Crippen molar-refractivity contribution >= 4 is 12.1 Å². The number of carbonyl (C=O) groups is 2. The van der Waals surface area contributed by atoms with Gasteiger partial charge in [-0.2, -0.15) is 0 Å². The molecule has 1 aromatic carbocycles. The summed E-state index contributed by atoms with van der Waals surface area (Å²) in [5.74, 6) is 0. The van der Waals surface area contributed by atoms with Gasteiger partial charge in [0.1, 0.15) is 6.61 Å². The first-order valence-electron chi connectivity index (χ1n) is 11.1. The van der Waals surface area contributed by atoms with Crippen LogP contribution in [0.3, 0.4) is 0 Å². The topological polar surface area (TPSA) is 71.1 Å². The normalized spacial score (nSPS) is 28.4. The number of nitrogens with zero attached hydrogens (tertiary/aromatic N) is 2. The zero-order valence-corrected chi connectivity index (χ0v) is 17.7. The lowest BCUT2D eigenvalue weighted by atomic mass is 9.88. The number of urea groups is 1. The Morgan fingerprint density at radius 2 is 1.62 bits per heavy atom. The summed E-state index contributed by atoms with van der Waals surface area (Å²) in [6, 6.07) is 9.28. The molecule has 176 valence electrons. The summed E-state index contributed by atoms with van der Waals surface area (Å²) in [5.41, 5.74) is 0.922. The van der Waals surface area contributed by atoms with E-state index < -0.39 is 18.6 Å². The van der Waals surface area contributed by atoms with Crippen LogP contribution in [0.15, 0.2) is 30.3 Å². The summed E-state index contributed by atoms with van der Waals surface area (Å²) >= 11 is 0. The van der Waals surface area contributed by atoms with Crippen LogP contribution in [-0.2, 0) is 16.1 Å². The molecule has 0 bridgehead atoms. The molecule has 0 radical (unpaired) electrons. The van der Waals surface area contributed by atoms with Crippen molar-refractivity contribution in [2.45, 2.75) is 75.7 Å². The van der Waals surface area contributed by atoms with Crippen LogP contribution in [0.2, 0.25) is 0 Å². The lowest BCUT2D eigenvalue weighted by Gasteiger charge is -2.41. The van der Waals surface area contributed by atoms with Crippen molar-refractivity contribution in [3.05, 3.63) is 35.9 Å². The Kier molecular flexibility index (Phi) is 6.78. The first kappa shape index (κ1) is 22.7. The lowest BCUT2D eigenvalue weighted by Crippen LogP contribution is -2.52. The van der Waals surface area contributed by atoms with E-state index in [-0.39, 0.29) is 43.6 Å². The maximum atomic E-state index is 12.8. The number of alkyl halides is 3. The van der Waals surface area contributed by atoms with Crippen LogP contribution in [0.4, 0.5) is 22.8 Å². The van der Waals surface area contributed by atoms with Gasteiger partial charge in [0.05, 0.1) is 6.10 Å². The molecule has 0 unspecified atom stereocenters. The highest BCUT2D eigenvalue weighted by atomic mass is 19.4. The Morgan fingerprint density at radius 1 is 1.00 bits per heavy atom. The van der Waals surface area contributed by atoms with Gasteiger partial charge in [0.25, 0.3) is 0 Å². The molecule has 1 N–H and O–H groups in total. The molecule has 3 aliphatic rings. The number of alkyl carbamates (subject to hydrolysis) is 1. The average Bonchev–Trinajstić information content (AvgIpc) is 3.10. The van der Waals surface area contributed by atoms with Crippen LogP contribution in [0.25, 0.3) is 0 Å². The minimum Gasteiger partial charge on any atom is -0.445 e. The summed E-state index contributed by atoms with van der Waals surface area (Å²) in [6.45, 7) is 1.34. The fourth-order valence-electron chi connectivity index (χ4n) is 4.79. The lowest BCUT2D eigenvalue weighted by molar-refractivity contribution is -0.353. The van der Waals surface area contributed by atoms with Gasteiger partial charge in [0.2, 0.25) is 0 Å². The van der Waals surface area contributed by atoms with E-state index in [0.29, 0.717) is 13.1 Å². The average molecular weight is 455 g/mol. The quantitative estimate of drug-likeness (QED) is 0.703. The first-order valence-corrected chi connectivity index (χ1v) is 11.1. The van der Waals surface area contributed by atoms with Crippen molar-refractivity contribution in [3.63, 3.8) is 0 Å².